The summed E-state index contributed by atoms with van der Waals surface area (Å²) >= 11 is 0. The molecular weight excluding hydrogens is 320 g/mol. The molecule has 0 unspecified atom stereocenters. The molecule has 0 spiro atoms. The van der Waals surface area contributed by atoms with Crippen LogP contribution >= 0.6 is 0 Å². The summed E-state index contributed by atoms with van der Waals surface area (Å²) in [6.45, 7) is 7.46. The lowest BCUT2D eigenvalue weighted by Gasteiger charge is -2.39. The van der Waals surface area contributed by atoms with Crippen molar-refractivity contribution in [3.05, 3.63) is 23.8 Å². The van der Waals surface area contributed by atoms with Crippen LogP contribution in [0.25, 0.3) is 0 Å². The quantitative estimate of drug-likeness (QED) is 0.743. The summed E-state index contributed by atoms with van der Waals surface area (Å²) in [5, 5.41) is 0. The van der Waals surface area contributed by atoms with Crippen LogP contribution in [-0.4, -0.2) is 48.2 Å². The number of anilines is 1. The van der Waals surface area contributed by atoms with Crippen LogP contribution in [0.1, 0.15) is 50.9 Å². The molecule has 0 N–H and O–H groups in total. The average molecular weight is 346 g/mol. The SMILES string of the molecule is CCCCN(C)C(=O)CN1C(=O)C(C)(C)Oc2ccc(C(C)=O)cc21. The molecule has 6 nitrogen and oxygen atoms in total. The molecule has 136 valence electrons. The summed E-state index contributed by atoms with van der Waals surface area (Å²) in [5.41, 5.74) is -0.117. The Balaban J connectivity index is 2.35. The standard InChI is InChI=1S/C19H26N2O4/c1-6-7-10-20(5)17(23)12-21-15-11-14(13(2)22)8-9-16(15)25-19(3,4)18(21)24/h8-9,11H,6-7,10,12H2,1-5H3. The third kappa shape index (κ3) is 4.00. The summed E-state index contributed by atoms with van der Waals surface area (Å²) in [6, 6.07) is 4.96. The van der Waals surface area contributed by atoms with Gasteiger partial charge in [0.15, 0.2) is 11.4 Å². The maximum absolute atomic E-state index is 12.8. The van der Waals surface area contributed by atoms with Gasteiger partial charge in [-0.25, -0.2) is 0 Å². The fourth-order valence-electron chi connectivity index (χ4n) is 2.72. The van der Waals surface area contributed by atoms with Gasteiger partial charge >= 0.3 is 0 Å². The predicted molar refractivity (Wildman–Crippen MR) is 96.1 cm³/mol. The molecule has 1 aliphatic rings. The van der Waals surface area contributed by atoms with Crippen molar-refractivity contribution in [1.82, 2.24) is 4.90 Å². The van der Waals surface area contributed by atoms with Crippen LogP contribution in [0.3, 0.4) is 0 Å². The topological polar surface area (TPSA) is 66.9 Å². The molecule has 6 heteroatoms. The second-order valence-electron chi connectivity index (χ2n) is 6.91. The Hall–Kier alpha value is -2.37. The smallest absolute Gasteiger partial charge is 0.271 e. The molecular formula is C19H26N2O4. The van der Waals surface area contributed by atoms with E-state index in [1.165, 1.54) is 11.8 Å². The minimum atomic E-state index is -1.06. The summed E-state index contributed by atoms with van der Waals surface area (Å²) in [6.07, 6.45) is 1.90. The number of ketones is 1. The lowest BCUT2D eigenvalue weighted by Crippen LogP contribution is -2.55. The van der Waals surface area contributed by atoms with E-state index >= 15 is 0 Å². The van der Waals surface area contributed by atoms with E-state index in [0.717, 1.165) is 12.8 Å². The fourth-order valence-corrected chi connectivity index (χ4v) is 2.72. The number of rotatable bonds is 6. The van der Waals surface area contributed by atoms with Gasteiger partial charge in [-0.3, -0.25) is 19.3 Å². The van der Waals surface area contributed by atoms with Gasteiger partial charge < -0.3 is 9.64 Å². The first-order valence-electron chi connectivity index (χ1n) is 8.57. The molecule has 0 fully saturated rings. The van der Waals surface area contributed by atoms with Crippen LogP contribution in [0, 0.1) is 0 Å². The van der Waals surface area contributed by atoms with E-state index in [1.807, 2.05) is 0 Å². The molecule has 0 radical (unpaired) electrons. The maximum atomic E-state index is 12.8. The normalized spacial score (nSPS) is 15.4. The Morgan fingerprint density at radius 3 is 2.56 bits per heavy atom. The van der Waals surface area contributed by atoms with Gasteiger partial charge in [-0.2, -0.15) is 0 Å². The number of hydrogen-bond acceptors (Lipinski definition) is 4. The molecule has 1 heterocycles. The molecule has 0 aromatic heterocycles. The lowest BCUT2D eigenvalue weighted by molar-refractivity contribution is -0.136. The molecule has 1 aliphatic heterocycles. The predicted octanol–water partition coefficient (Wildman–Crippen LogP) is 2.65. The number of benzene rings is 1. The van der Waals surface area contributed by atoms with Crippen molar-refractivity contribution in [3.8, 4) is 5.75 Å². The lowest BCUT2D eigenvalue weighted by atomic mass is 10.0. The highest BCUT2D eigenvalue weighted by atomic mass is 16.5. The van der Waals surface area contributed by atoms with Crippen LogP contribution < -0.4 is 9.64 Å². The molecule has 1 aromatic carbocycles. The highest BCUT2D eigenvalue weighted by molar-refractivity contribution is 6.07. The number of Topliss-reactive ketones (excluding diaryl/α,β-unsaturated/α-hetero) is 1. The largest absolute Gasteiger partial charge is 0.476 e. The molecule has 0 atom stereocenters. The second kappa shape index (κ2) is 7.25. The Morgan fingerprint density at radius 2 is 1.96 bits per heavy atom. The number of carbonyl (C=O) groups is 3. The molecule has 2 rings (SSSR count). The Bertz CT molecular complexity index is 697. The number of carbonyl (C=O) groups excluding carboxylic acids is 3. The number of fused-ring (bicyclic) bond motifs is 1. The summed E-state index contributed by atoms with van der Waals surface area (Å²) in [7, 11) is 1.74. The van der Waals surface area contributed by atoms with Crippen molar-refractivity contribution in [3.63, 3.8) is 0 Å². The average Bonchev–Trinajstić information content (AvgIpc) is 2.55. The number of amides is 2. The van der Waals surface area contributed by atoms with Crippen molar-refractivity contribution in [2.75, 3.05) is 25.0 Å². The highest BCUT2D eigenvalue weighted by Crippen LogP contribution is 2.38. The molecule has 2 amide bonds. The molecule has 0 saturated carbocycles. The summed E-state index contributed by atoms with van der Waals surface area (Å²) in [4.78, 5) is 40.1. The van der Waals surface area contributed by atoms with Crippen molar-refractivity contribution in [2.24, 2.45) is 0 Å². The van der Waals surface area contributed by atoms with Crippen molar-refractivity contribution in [2.45, 2.75) is 46.1 Å². The molecule has 0 bridgehead atoms. The Kier molecular flexibility index (Phi) is 5.50. The first kappa shape index (κ1) is 19.0. The second-order valence-corrected chi connectivity index (χ2v) is 6.91. The van der Waals surface area contributed by atoms with Gasteiger partial charge in [-0.1, -0.05) is 13.3 Å². The number of likely N-dealkylation sites (N-methyl/N-ethyl adjacent to an activating group) is 1. The number of unbranched alkanes of at least 4 members (excludes halogenated alkanes) is 1. The fraction of sp³-hybridized carbons (Fsp3) is 0.526. The van der Waals surface area contributed by atoms with Gasteiger partial charge in [0.25, 0.3) is 5.91 Å². The number of hydrogen-bond donors (Lipinski definition) is 0. The van der Waals surface area contributed by atoms with Gasteiger partial charge in [0.05, 0.1) is 5.69 Å². The number of nitrogens with zero attached hydrogens (tertiary/aromatic N) is 2. The van der Waals surface area contributed by atoms with E-state index in [1.54, 1.807) is 44.0 Å². The molecule has 0 aliphatic carbocycles. The first-order chi connectivity index (χ1) is 11.7. The van der Waals surface area contributed by atoms with Gasteiger partial charge in [0.2, 0.25) is 5.91 Å². The van der Waals surface area contributed by atoms with E-state index in [0.29, 0.717) is 23.5 Å². The number of ether oxygens (including phenoxy) is 1. The van der Waals surface area contributed by atoms with Gasteiger partial charge in [-0.15, -0.1) is 0 Å². The zero-order valence-corrected chi connectivity index (χ0v) is 15.6. The van der Waals surface area contributed by atoms with E-state index in [-0.39, 0.29) is 24.1 Å². The third-order valence-corrected chi connectivity index (χ3v) is 4.35. The first-order valence-corrected chi connectivity index (χ1v) is 8.57. The van der Waals surface area contributed by atoms with E-state index < -0.39 is 5.60 Å². The van der Waals surface area contributed by atoms with Crippen LogP contribution in [0.5, 0.6) is 5.75 Å². The Labute approximate surface area is 148 Å². The van der Waals surface area contributed by atoms with Gasteiger partial charge in [0, 0.05) is 19.2 Å². The van der Waals surface area contributed by atoms with Crippen LogP contribution in [0.4, 0.5) is 5.69 Å². The summed E-state index contributed by atoms with van der Waals surface area (Å²) < 4.78 is 5.78. The Morgan fingerprint density at radius 1 is 1.28 bits per heavy atom. The maximum Gasteiger partial charge on any atom is 0.271 e. The minimum Gasteiger partial charge on any atom is -0.476 e. The van der Waals surface area contributed by atoms with Gasteiger partial charge in [-0.05, 0) is 45.4 Å². The van der Waals surface area contributed by atoms with Crippen molar-refractivity contribution < 1.29 is 19.1 Å². The van der Waals surface area contributed by atoms with Crippen LogP contribution in [-0.2, 0) is 9.59 Å². The van der Waals surface area contributed by atoms with E-state index in [4.69, 9.17) is 4.74 Å². The van der Waals surface area contributed by atoms with E-state index in [9.17, 15) is 14.4 Å². The summed E-state index contributed by atoms with van der Waals surface area (Å²) in [5.74, 6) is -0.0401. The van der Waals surface area contributed by atoms with Crippen molar-refractivity contribution >= 4 is 23.3 Å². The van der Waals surface area contributed by atoms with Crippen LogP contribution in [0.15, 0.2) is 18.2 Å². The minimum absolute atomic E-state index is 0.0693. The zero-order valence-electron chi connectivity index (χ0n) is 15.6. The third-order valence-electron chi connectivity index (χ3n) is 4.35. The monoisotopic (exact) mass is 346 g/mol. The molecule has 25 heavy (non-hydrogen) atoms. The van der Waals surface area contributed by atoms with Crippen LogP contribution in [0.2, 0.25) is 0 Å². The highest BCUT2D eigenvalue weighted by Gasteiger charge is 2.42. The van der Waals surface area contributed by atoms with Gasteiger partial charge in [0.1, 0.15) is 12.3 Å². The van der Waals surface area contributed by atoms with Crippen molar-refractivity contribution in [1.29, 1.82) is 0 Å². The van der Waals surface area contributed by atoms with E-state index in [2.05, 4.69) is 6.92 Å². The molecule has 1 aromatic rings. The zero-order chi connectivity index (χ0) is 18.8. The molecule has 0 saturated heterocycles.